The van der Waals surface area contributed by atoms with Crippen molar-refractivity contribution in [2.45, 2.75) is 25.4 Å². The molecule has 0 spiro atoms. The van der Waals surface area contributed by atoms with E-state index in [1.807, 2.05) is 0 Å². The van der Waals surface area contributed by atoms with Gasteiger partial charge < -0.3 is 10.4 Å². The summed E-state index contributed by atoms with van der Waals surface area (Å²) in [5.74, 6) is -6.29. The Hall–Kier alpha value is -0.990. The number of alkyl halides is 6. The molecule has 0 rings (SSSR count). The Morgan fingerprint density at radius 2 is 1.56 bits per heavy atom. The SMILES string of the molecule is C[C@H](O)CNC(=O)C(C(F)(F)F)C(F)(F)F. The predicted molar refractivity (Wildman–Crippen MR) is 40.3 cm³/mol. The van der Waals surface area contributed by atoms with Gasteiger partial charge in [-0.25, -0.2) is 0 Å². The van der Waals surface area contributed by atoms with Crippen LogP contribution in [0.25, 0.3) is 0 Å². The second kappa shape index (κ2) is 4.89. The van der Waals surface area contributed by atoms with Crippen molar-refractivity contribution in [2.75, 3.05) is 6.54 Å². The van der Waals surface area contributed by atoms with Crippen molar-refractivity contribution in [3.63, 3.8) is 0 Å². The molecule has 96 valence electrons. The first-order valence-corrected chi connectivity index (χ1v) is 4.05. The van der Waals surface area contributed by atoms with E-state index in [1.54, 1.807) is 0 Å². The van der Waals surface area contributed by atoms with E-state index in [4.69, 9.17) is 5.11 Å². The molecule has 0 aliphatic rings. The summed E-state index contributed by atoms with van der Waals surface area (Å²) in [5.41, 5.74) is 0. The second-order valence-corrected chi connectivity index (χ2v) is 3.11. The van der Waals surface area contributed by atoms with Gasteiger partial charge in [0.2, 0.25) is 11.8 Å². The molecule has 0 saturated carbocycles. The molecule has 9 heteroatoms. The lowest BCUT2D eigenvalue weighted by atomic mass is 10.1. The lowest BCUT2D eigenvalue weighted by Crippen LogP contribution is -2.49. The van der Waals surface area contributed by atoms with Gasteiger partial charge in [-0.1, -0.05) is 0 Å². The average molecular weight is 253 g/mol. The molecule has 3 nitrogen and oxygen atoms in total. The molecule has 0 heterocycles. The van der Waals surface area contributed by atoms with Crippen LogP contribution in [0.4, 0.5) is 26.3 Å². The molecule has 0 aromatic heterocycles. The molecule has 0 unspecified atom stereocenters. The fourth-order valence-electron chi connectivity index (χ4n) is 0.833. The third-order valence-electron chi connectivity index (χ3n) is 1.49. The van der Waals surface area contributed by atoms with E-state index >= 15 is 0 Å². The first-order chi connectivity index (χ1) is 6.96. The van der Waals surface area contributed by atoms with E-state index in [1.165, 1.54) is 5.32 Å². The van der Waals surface area contributed by atoms with Gasteiger partial charge in [0.1, 0.15) is 0 Å². The molecule has 0 aromatic rings. The van der Waals surface area contributed by atoms with E-state index in [0.717, 1.165) is 6.92 Å². The summed E-state index contributed by atoms with van der Waals surface area (Å²) in [4.78, 5) is 10.7. The van der Waals surface area contributed by atoms with E-state index in [0.29, 0.717) is 0 Å². The van der Waals surface area contributed by atoms with Crippen LogP contribution in [0.15, 0.2) is 0 Å². The Balaban J connectivity index is 4.74. The molecule has 16 heavy (non-hydrogen) atoms. The zero-order valence-electron chi connectivity index (χ0n) is 7.99. The second-order valence-electron chi connectivity index (χ2n) is 3.11. The summed E-state index contributed by atoms with van der Waals surface area (Å²) in [5, 5.41) is 9.98. The number of carbonyl (C=O) groups is 1. The Kier molecular flexibility index (Phi) is 4.59. The van der Waals surface area contributed by atoms with Gasteiger partial charge in [0.25, 0.3) is 0 Å². The molecule has 0 bridgehead atoms. The maximum Gasteiger partial charge on any atom is 0.409 e. The van der Waals surface area contributed by atoms with Crippen molar-refractivity contribution >= 4 is 5.91 Å². The van der Waals surface area contributed by atoms with Crippen molar-refractivity contribution in [3.8, 4) is 0 Å². The lowest BCUT2D eigenvalue weighted by molar-refractivity contribution is -0.274. The molecular formula is C7H9F6NO2. The van der Waals surface area contributed by atoms with Crippen LogP contribution in [0.2, 0.25) is 0 Å². The molecule has 0 aliphatic carbocycles. The van der Waals surface area contributed by atoms with Crippen LogP contribution < -0.4 is 5.32 Å². The fourth-order valence-corrected chi connectivity index (χ4v) is 0.833. The van der Waals surface area contributed by atoms with Crippen molar-refractivity contribution in [2.24, 2.45) is 5.92 Å². The van der Waals surface area contributed by atoms with Gasteiger partial charge in [-0.05, 0) is 6.92 Å². The van der Waals surface area contributed by atoms with Crippen LogP contribution in [-0.4, -0.2) is 36.0 Å². The van der Waals surface area contributed by atoms with E-state index in [2.05, 4.69) is 0 Å². The van der Waals surface area contributed by atoms with E-state index in [-0.39, 0.29) is 0 Å². The summed E-state index contributed by atoms with van der Waals surface area (Å²) >= 11 is 0. The number of carbonyl (C=O) groups excluding carboxylic acids is 1. The maximum absolute atomic E-state index is 11.9. The number of nitrogens with one attached hydrogen (secondary N) is 1. The van der Waals surface area contributed by atoms with Gasteiger partial charge in [0, 0.05) is 6.54 Å². The number of hydrogen-bond acceptors (Lipinski definition) is 2. The standard InChI is InChI=1S/C7H9F6NO2/c1-3(15)2-14-5(16)4(6(8,9)10)7(11,12)13/h3-4,15H,2H2,1H3,(H,14,16)/t3-/m0/s1. The highest BCUT2D eigenvalue weighted by atomic mass is 19.4. The van der Waals surface area contributed by atoms with E-state index in [9.17, 15) is 31.1 Å². The minimum atomic E-state index is -5.71. The Morgan fingerprint density at radius 1 is 1.19 bits per heavy atom. The van der Waals surface area contributed by atoms with Crippen molar-refractivity contribution in [1.29, 1.82) is 0 Å². The summed E-state index contributed by atoms with van der Waals surface area (Å²) in [6, 6.07) is 0. The van der Waals surface area contributed by atoms with Gasteiger partial charge >= 0.3 is 12.4 Å². The highest BCUT2D eigenvalue weighted by Crippen LogP contribution is 2.39. The van der Waals surface area contributed by atoms with Gasteiger partial charge in [-0.15, -0.1) is 0 Å². The Bertz CT molecular complexity index is 232. The number of hydrogen-bond donors (Lipinski definition) is 2. The van der Waals surface area contributed by atoms with Gasteiger partial charge in [0.05, 0.1) is 6.10 Å². The van der Waals surface area contributed by atoms with Crippen LogP contribution in [0, 0.1) is 5.92 Å². The van der Waals surface area contributed by atoms with Crippen LogP contribution in [0.3, 0.4) is 0 Å². The molecule has 0 radical (unpaired) electrons. The monoisotopic (exact) mass is 253 g/mol. The number of amides is 1. The van der Waals surface area contributed by atoms with E-state index < -0.39 is 36.8 Å². The number of aliphatic hydroxyl groups excluding tert-OH is 1. The van der Waals surface area contributed by atoms with Crippen molar-refractivity contribution in [3.05, 3.63) is 0 Å². The molecular weight excluding hydrogens is 244 g/mol. The first-order valence-electron chi connectivity index (χ1n) is 4.05. The zero-order chi connectivity index (χ0) is 13.1. The molecule has 2 N–H and O–H groups in total. The van der Waals surface area contributed by atoms with Gasteiger partial charge in [-0.2, -0.15) is 26.3 Å². The van der Waals surface area contributed by atoms with Crippen molar-refractivity contribution < 1.29 is 36.2 Å². The minimum absolute atomic E-state index is 0.679. The molecule has 0 saturated heterocycles. The van der Waals surface area contributed by atoms with Crippen LogP contribution >= 0.6 is 0 Å². The third-order valence-corrected chi connectivity index (χ3v) is 1.49. The topological polar surface area (TPSA) is 49.3 Å². The summed E-state index contributed by atoms with van der Waals surface area (Å²) in [6.07, 6.45) is -12.6. The fraction of sp³-hybridized carbons (Fsp3) is 0.857. The van der Waals surface area contributed by atoms with Crippen LogP contribution in [0.5, 0.6) is 0 Å². The zero-order valence-corrected chi connectivity index (χ0v) is 7.99. The quantitative estimate of drug-likeness (QED) is 0.743. The predicted octanol–water partition coefficient (Wildman–Crippen LogP) is 1.22. The van der Waals surface area contributed by atoms with Gasteiger partial charge in [-0.3, -0.25) is 4.79 Å². The Labute approximate surface area is 86.4 Å². The van der Waals surface area contributed by atoms with Gasteiger partial charge in [0.15, 0.2) is 0 Å². The van der Waals surface area contributed by atoms with Crippen LogP contribution in [0.1, 0.15) is 6.92 Å². The third kappa shape index (κ3) is 4.69. The smallest absolute Gasteiger partial charge is 0.392 e. The number of aliphatic hydroxyl groups is 1. The normalized spacial score (nSPS) is 15.1. The van der Waals surface area contributed by atoms with Crippen LogP contribution in [-0.2, 0) is 4.79 Å². The lowest BCUT2D eigenvalue weighted by Gasteiger charge is -2.22. The highest BCUT2D eigenvalue weighted by molar-refractivity contribution is 5.80. The highest BCUT2D eigenvalue weighted by Gasteiger charge is 2.60. The number of halogens is 6. The number of rotatable bonds is 3. The average Bonchev–Trinajstić information content (AvgIpc) is 1.94. The molecule has 0 aliphatic heterocycles. The Morgan fingerprint density at radius 3 is 1.81 bits per heavy atom. The molecule has 1 atom stereocenters. The molecule has 0 aromatic carbocycles. The first kappa shape index (κ1) is 15.0. The maximum atomic E-state index is 11.9. The summed E-state index contributed by atoms with van der Waals surface area (Å²) < 4.78 is 71.7. The largest absolute Gasteiger partial charge is 0.409 e. The molecule has 0 fully saturated rings. The summed E-state index contributed by atoms with van der Waals surface area (Å²) in [7, 11) is 0. The minimum Gasteiger partial charge on any atom is -0.392 e. The summed E-state index contributed by atoms with van der Waals surface area (Å²) in [6.45, 7) is 0.429. The molecule has 1 amide bonds. The van der Waals surface area contributed by atoms with Crippen molar-refractivity contribution in [1.82, 2.24) is 5.32 Å².